The average Bonchev–Trinajstić information content (AvgIpc) is 2.91. The van der Waals surface area contributed by atoms with E-state index in [1.165, 1.54) is 18.2 Å². The number of benzene rings is 2. The first-order valence-electron chi connectivity index (χ1n) is 8.69. The minimum atomic E-state index is -3.58. The van der Waals surface area contributed by atoms with Crippen LogP contribution in [0.2, 0.25) is 0 Å². The van der Waals surface area contributed by atoms with Gasteiger partial charge in [0.05, 0.1) is 5.75 Å². The fourth-order valence-corrected chi connectivity index (χ4v) is 4.44. The highest BCUT2D eigenvalue weighted by Gasteiger charge is 2.22. The van der Waals surface area contributed by atoms with Gasteiger partial charge >= 0.3 is 0 Å². The van der Waals surface area contributed by atoms with Gasteiger partial charge in [0.25, 0.3) is 0 Å². The first-order chi connectivity index (χ1) is 12.8. The van der Waals surface area contributed by atoms with Crippen molar-refractivity contribution in [2.24, 2.45) is 7.05 Å². The molecule has 3 aromatic rings. The molecule has 0 amide bonds. The Labute approximate surface area is 159 Å². The Morgan fingerprint density at radius 3 is 2.59 bits per heavy atom. The van der Waals surface area contributed by atoms with E-state index in [-0.39, 0.29) is 18.3 Å². The first-order valence-corrected chi connectivity index (χ1v) is 10.3. The van der Waals surface area contributed by atoms with Gasteiger partial charge in [-0.25, -0.2) is 17.5 Å². The van der Waals surface area contributed by atoms with E-state index >= 15 is 0 Å². The van der Waals surface area contributed by atoms with Crippen LogP contribution >= 0.6 is 0 Å². The predicted molar refractivity (Wildman–Crippen MR) is 106 cm³/mol. The number of hydrogen-bond donors (Lipinski definition) is 1. The molecule has 0 radical (unpaired) electrons. The smallest absolute Gasteiger partial charge is 0.215 e. The van der Waals surface area contributed by atoms with Crippen LogP contribution in [-0.2, 0) is 22.8 Å². The SMILES string of the molecule is CN(C)[C@@H](CNS(=O)(=O)Cc1cccc(F)c1)c1cn(C)c2ccccc12. The van der Waals surface area contributed by atoms with Crippen molar-refractivity contribution in [2.75, 3.05) is 20.6 Å². The highest BCUT2D eigenvalue weighted by Crippen LogP contribution is 2.28. The van der Waals surface area contributed by atoms with E-state index in [9.17, 15) is 12.8 Å². The van der Waals surface area contributed by atoms with E-state index in [0.717, 1.165) is 16.5 Å². The molecule has 0 saturated heterocycles. The average molecular weight is 389 g/mol. The quantitative estimate of drug-likeness (QED) is 0.676. The maximum atomic E-state index is 13.3. The minimum absolute atomic E-state index is 0.126. The lowest BCUT2D eigenvalue weighted by atomic mass is 10.1. The second-order valence-electron chi connectivity index (χ2n) is 6.93. The Morgan fingerprint density at radius 2 is 1.89 bits per heavy atom. The van der Waals surface area contributed by atoms with E-state index in [2.05, 4.69) is 4.72 Å². The lowest BCUT2D eigenvalue weighted by Crippen LogP contribution is -2.35. The molecule has 0 fully saturated rings. The third-order valence-electron chi connectivity index (χ3n) is 4.65. The highest BCUT2D eigenvalue weighted by molar-refractivity contribution is 7.88. The molecule has 144 valence electrons. The summed E-state index contributed by atoms with van der Waals surface area (Å²) < 4.78 is 43.0. The van der Waals surface area contributed by atoms with Gasteiger partial charge in [0, 0.05) is 36.7 Å². The zero-order valence-electron chi connectivity index (χ0n) is 15.7. The molecule has 0 saturated carbocycles. The number of fused-ring (bicyclic) bond motifs is 1. The van der Waals surface area contributed by atoms with E-state index in [4.69, 9.17) is 0 Å². The van der Waals surface area contributed by atoms with Gasteiger partial charge in [0.2, 0.25) is 10.0 Å². The number of aromatic nitrogens is 1. The minimum Gasteiger partial charge on any atom is -0.350 e. The second kappa shape index (κ2) is 7.80. The van der Waals surface area contributed by atoms with Crippen LogP contribution in [0.4, 0.5) is 4.39 Å². The molecular formula is C20H24FN3O2S. The van der Waals surface area contributed by atoms with Crippen LogP contribution in [0.1, 0.15) is 17.2 Å². The van der Waals surface area contributed by atoms with Crippen molar-refractivity contribution in [3.05, 3.63) is 71.7 Å². The first kappa shape index (κ1) is 19.5. The van der Waals surface area contributed by atoms with Gasteiger partial charge in [-0.1, -0.05) is 30.3 Å². The molecule has 2 aromatic carbocycles. The van der Waals surface area contributed by atoms with Gasteiger partial charge in [-0.2, -0.15) is 0 Å². The molecule has 27 heavy (non-hydrogen) atoms. The number of halogens is 1. The summed E-state index contributed by atoms with van der Waals surface area (Å²) in [6, 6.07) is 13.6. The standard InChI is InChI=1S/C20H24FN3O2S/c1-23(2)20(18-13-24(3)19-10-5-4-9-17(18)19)12-22-27(25,26)14-15-7-6-8-16(21)11-15/h4-11,13,20,22H,12,14H2,1-3H3/t20-/m0/s1. The number of aryl methyl sites for hydroxylation is 1. The molecule has 1 aromatic heterocycles. The second-order valence-corrected chi connectivity index (χ2v) is 8.74. The molecule has 1 N–H and O–H groups in total. The zero-order chi connectivity index (χ0) is 19.6. The molecule has 5 nitrogen and oxygen atoms in total. The van der Waals surface area contributed by atoms with Gasteiger partial charge in [-0.3, -0.25) is 0 Å². The topological polar surface area (TPSA) is 54.3 Å². The van der Waals surface area contributed by atoms with Gasteiger partial charge in [-0.05, 0) is 43.4 Å². The third kappa shape index (κ3) is 4.55. The van der Waals surface area contributed by atoms with Gasteiger partial charge in [0.15, 0.2) is 0 Å². The fraction of sp³-hybridized carbons (Fsp3) is 0.300. The Bertz CT molecular complexity index is 1040. The maximum absolute atomic E-state index is 13.3. The molecule has 0 aliphatic rings. The number of hydrogen-bond acceptors (Lipinski definition) is 3. The number of para-hydroxylation sites is 1. The van der Waals surface area contributed by atoms with Crippen molar-refractivity contribution in [2.45, 2.75) is 11.8 Å². The lowest BCUT2D eigenvalue weighted by Gasteiger charge is -2.24. The van der Waals surface area contributed by atoms with Crippen LogP contribution in [0.3, 0.4) is 0 Å². The van der Waals surface area contributed by atoms with Crippen LogP contribution in [0.5, 0.6) is 0 Å². The van der Waals surface area contributed by atoms with Crippen LogP contribution in [-0.4, -0.2) is 38.5 Å². The van der Waals surface area contributed by atoms with Crippen molar-refractivity contribution in [3.8, 4) is 0 Å². The Morgan fingerprint density at radius 1 is 1.15 bits per heavy atom. The summed E-state index contributed by atoms with van der Waals surface area (Å²) >= 11 is 0. The van der Waals surface area contributed by atoms with Gasteiger partial charge in [-0.15, -0.1) is 0 Å². The number of likely N-dealkylation sites (N-methyl/N-ethyl adjacent to an activating group) is 1. The molecule has 0 aliphatic heterocycles. The van der Waals surface area contributed by atoms with Gasteiger partial charge < -0.3 is 9.47 Å². The van der Waals surface area contributed by atoms with Crippen molar-refractivity contribution in [1.82, 2.24) is 14.2 Å². The Balaban J connectivity index is 1.80. The third-order valence-corrected chi connectivity index (χ3v) is 5.97. The fourth-order valence-electron chi connectivity index (χ4n) is 3.31. The number of nitrogens with one attached hydrogen (secondary N) is 1. The molecule has 7 heteroatoms. The Kier molecular flexibility index (Phi) is 5.64. The van der Waals surface area contributed by atoms with Crippen molar-refractivity contribution in [1.29, 1.82) is 0 Å². The van der Waals surface area contributed by atoms with Crippen LogP contribution < -0.4 is 4.72 Å². The van der Waals surface area contributed by atoms with Gasteiger partial charge in [0.1, 0.15) is 5.82 Å². The lowest BCUT2D eigenvalue weighted by molar-refractivity contribution is 0.301. The molecule has 0 spiro atoms. The molecule has 0 unspecified atom stereocenters. The molecular weight excluding hydrogens is 365 g/mol. The van der Waals surface area contributed by atoms with Crippen LogP contribution in [0, 0.1) is 5.82 Å². The van der Waals surface area contributed by atoms with E-state index in [1.807, 2.05) is 61.1 Å². The van der Waals surface area contributed by atoms with Crippen molar-refractivity contribution >= 4 is 20.9 Å². The maximum Gasteiger partial charge on any atom is 0.215 e. The summed E-state index contributed by atoms with van der Waals surface area (Å²) in [5, 5.41) is 1.10. The molecule has 0 aliphatic carbocycles. The monoisotopic (exact) mass is 389 g/mol. The van der Waals surface area contributed by atoms with E-state index < -0.39 is 15.8 Å². The molecule has 1 heterocycles. The van der Waals surface area contributed by atoms with Crippen molar-refractivity contribution < 1.29 is 12.8 Å². The summed E-state index contributed by atoms with van der Waals surface area (Å²) in [6.45, 7) is 0.235. The predicted octanol–water partition coefficient (Wildman–Crippen LogP) is 3.04. The molecule has 0 bridgehead atoms. The molecule has 1 atom stereocenters. The number of nitrogens with zero attached hydrogens (tertiary/aromatic N) is 2. The largest absolute Gasteiger partial charge is 0.350 e. The van der Waals surface area contributed by atoms with E-state index in [1.54, 1.807) is 6.07 Å². The van der Waals surface area contributed by atoms with Crippen LogP contribution in [0.25, 0.3) is 10.9 Å². The van der Waals surface area contributed by atoms with Crippen molar-refractivity contribution in [3.63, 3.8) is 0 Å². The van der Waals surface area contributed by atoms with Crippen LogP contribution in [0.15, 0.2) is 54.7 Å². The Hall–Kier alpha value is -2.22. The summed E-state index contributed by atoms with van der Waals surface area (Å²) in [7, 11) is 2.24. The zero-order valence-corrected chi connectivity index (χ0v) is 16.5. The number of sulfonamides is 1. The molecule has 3 rings (SSSR count). The summed E-state index contributed by atoms with van der Waals surface area (Å²) in [6.07, 6.45) is 2.04. The summed E-state index contributed by atoms with van der Waals surface area (Å²) in [5.41, 5.74) is 2.59. The van der Waals surface area contributed by atoms with E-state index in [0.29, 0.717) is 5.56 Å². The summed E-state index contributed by atoms with van der Waals surface area (Å²) in [4.78, 5) is 1.99. The summed E-state index contributed by atoms with van der Waals surface area (Å²) in [5.74, 6) is -0.690. The highest BCUT2D eigenvalue weighted by atomic mass is 32.2. The number of rotatable bonds is 7. The normalized spacial score (nSPS) is 13.4.